The maximum absolute atomic E-state index is 12.4. The summed E-state index contributed by atoms with van der Waals surface area (Å²) in [6.45, 7) is 5.51. The van der Waals surface area contributed by atoms with Crippen LogP contribution < -0.4 is 10.6 Å². The number of amides is 1. The summed E-state index contributed by atoms with van der Waals surface area (Å²) in [5.41, 5.74) is 2.62. The van der Waals surface area contributed by atoms with Gasteiger partial charge in [-0.3, -0.25) is 4.79 Å². The standard InChI is InChI=1S/C18H26N4O.HI/c1-2-19-18(20-11-14-7-8-14)21-12-17(23)22-10-9-15-5-3-4-6-16(15)13-22;/h3-6,14H,2,7-13H2,1H3,(H2,19,20,21);1H. The molecule has 0 bridgehead atoms. The summed E-state index contributed by atoms with van der Waals surface area (Å²) in [6.07, 6.45) is 3.54. The molecule has 24 heavy (non-hydrogen) atoms. The Morgan fingerprint density at radius 2 is 2.00 bits per heavy atom. The Labute approximate surface area is 161 Å². The number of aliphatic imine (C=N–C) groups is 1. The van der Waals surface area contributed by atoms with Crippen molar-refractivity contribution in [1.29, 1.82) is 0 Å². The van der Waals surface area contributed by atoms with E-state index in [-0.39, 0.29) is 36.4 Å². The lowest BCUT2D eigenvalue weighted by Gasteiger charge is -2.28. The molecule has 1 aliphatic carbocycles. The quantitative estimate of drug-likeness (QED) is 0.418. The smallest absolute Gasteiger partial charge is 0.244 e. The monoisotopic (exact) mass is 442 g/mol. The topological polar surface area (TPSA) is 56.7 Å². The first kappa shape index (κ1) is 19.0. The summed E-state index contributed by atoms with van der Waals surface area (Å²) in [4.78, 5) is 18.8. The second-order valence-corrected chi connectivity index (χ2v) is 6.35. The van der Waals surface area contributed by atoms with Crippen LogP contribution in [0.2, 0.25) is 0 Å². The molecule has 2 N–H and O–H groups in total. The molecule has 6 heteroatoms. The van der Waals surface area contributed by atoms with Crippen LogP contribution in [0.5, 0.6) is 0 Å². The highest BCUT2D eigenvalue weighted by Gasteiger charge is 2.22. The Balaban J connectivity index is 0.00000208. The highest BCUT2D eigenvalue weighted by atomic mass is 127. The van der Waals surface area contributed by atoms with Crippen LogP contribution in [0.4, 0.5) is 0 Å². The molecule has 0 atom stereocenters. The zero-order valence-electron chi connectivity index (χ0n) is 14.3. The van der Waals surface area contributed by atoms with Crippen molar-refractivity contribution in [3.63, 3.8) is 0 Å². The Kier molecular flexibility index (Phi) is 7.33. The van der Waals surface area contributed by atoms with E-state index < -0.39 is 0 Å². The lowest BCUT2D eigenvalue weighted by molar-refractivity contribution is -0.130. The number of fused-ring (bicyclic) bond motifs is 1. The summed E-state index contributed by atoms with van der Waals surface area (Å²) in [7, 11) is 0. The molecule has 0 spiro atoms. The average Bonchev–Trinajstić information content (AvgIpc) is 3.41. The summed E-state index contributed by atoms with van der Waals surface area (Å²) < 4.78 is 0. The van der Waals surface area contributed by atoms with Crippen LogP contribution in [0.1, 0.15) is 30.9 Å². The van der Waals surface area contributed by atoms with Crippen LogP contribution in [0, 0.1) is 5.92 Å². The van der Waals surface area contributed by atoms with Crippen molar-refractivity contribution in [3.05, 3.63) is 35.4 Å². The predicted octanol–water partition coefficient (Wildman–Crippen LogP) is 2.15. The van der Waals surface area contributed by atoms with Gasteiger partial charge in [-0.2, -0.15) is 0 Å². The van der Waals surface area contributed by atoms with Gasteiger partial charge in [-0.1, -0.05) is 24.3 Å². The number of halogens is 1. The van der Waals surface area contributed by atoms with Gasteiger partial charge in [0.1, 0.15) is 6.54 Å². The molecule has 132 valence electrons. The zero-order chi connectivity index (χ0) is 16.1. The summed E-state index contributed by atoms with van der Waals surface area (Å²) in [5, 5.41) is 6.53. The van der Waals surface area contributed by atoms with Crippen molar-refractivity contribution in [2.24, 2.45) is 10.9 Å². The Morgan fingerprint density at radius 1 is 1.25 bits per heavy atom. The molecule has 1 fully saturated rings. The van der Waals surface area contributed by atoms with Crippen LogP contribution >= 0.6 is 24.0 Å². The summed E-state index contributed by atoms with van der Waals surface area (Å²) in [6, 6.07) is 8.37. The van der Waals surface area contributed by atoms with Gasteiger partial charge in [0.2, 0.25) is 5.91 Å². The van der Waals surface area contributed by atoms with Crippen molar-refractivity contribution < 1.29 is 4.79 Å². The first-order valence-electron chi connectivity index (χ1n) is 8.63. The molecule has 1 aliphatic heterocycles. The van der Waals surface area contributed by atoms with Gasteiger partial charge in [0.15, 0.2) is 5.96 Å². The third-order valence-electron chi connectivity index (χ3n) is 4.46. The van der Waals surface area contributed by atoms with E-state index in [0.717, 1.165) is 37.9 Å². The number of nitrogens with one attached hydrogen (secondary N) is 2. The molecule has 1 amide bonds. The van der Waals surface area contributed by atoms with Gasteiger partial charge in [0.05, 0.1) is 0 Å². The van der Waals surface area contributed by atoms with Crippen molar-refractivity contribution in [2.45, 2.75) is 32.7 Å². The van der Waals surface area contributed by atoms with Gasteiger partial charge < -0.3 is 15.5 Å². The third kappa shape index (κ3) is 5.36. The van der Waals surface area contributed by atoms with Crippen molar-refractivity contribution in [1.82, 2.24) is 15.5 Å². The van der Waals surface area contributed by atoms with Crippen LogP contribution in [0.25, 0.3) is 0 Å². The molecule has 5 nitrogen and oxygen atoms in total. The maximum Gasteiger partial charge on any atom is 0.244 e. The molecule has 1 aromatic carbocycles. The Hall–Kier alpha value is -1.31. The number of rotatable bonds is 5. The molecule has 0 unspecified atom stereocenters. The minimum Gasteiger partial charge on any atom is -0.357 e. The van der Waals surface area contributed by atoms with Gasteiger partial charge >= 0.3 is 0 Å². The molecule has 2 aliphatic rings. The first-order chi connectivity index (χ1) is 11.3. The molecule has 1 saturated carbocycles. The minimum atomic E-state index is 0. The Morgan fingerprint density at radius 3 is 2.71 bits per heavy atom. The number of benzene rings is 1. The average molecular weight is 442 g/mol. The van der Waals surface area contributed by atoms with Crippen molar-refractivity contribution >= 4 is 35.8 Å². The Bertz CT molecular complexity index is 586. The second-order valence-electron chi connectivity index (χ2n) is 6.35. The number of carbonyl (C=O) groups excluding carboxylic acids is 1. The predicted molar refractivity (Wildman–Crippen MR) is 108 cm³/mol. The summed E-state index contributed by atoms with van der Waals surface area (Å²) in [5.74, 6) is 1.64. The van der Waals surface area contributed by atoms with E-state index in [1.165, 1.54) is 24.0 Å². The minimum absolute atomic E-state index is 0. The highest BCUT2D eigenvalue weighted by Crippen LogP contribution is 2.27. The van der Waals surface area contributed by atoms with E-state index in [1.807, 2.05) is 17.9 Å². The fourth-order valence-corrected chi connectivity index (χ4v) is 2.86. The number of hydrogen-bond acceptors (Lipinski definition) is 2. The number of guanidine groups is 1. The lowest BCUT2D eigenvalue weighted by Crippen LogP contribution is -2.41. The van der Waals surface area contributed by atoms with Gasteiger partial charge in [-0.05, 0) is 43.2 Å². The molecule has 0 saturated heterocycles. The third-order valence-corrected chi connectivity index (χ3v) is 4.46. The fraction of sp³-hybridized carbons (Fsp3) is 0.556. The fourth-order valence-electron chi connectivity index (χ4n) is 2.86. The lowest BCUT2D eigenvalue weighted by atomic mass is 10.00. The SMILES string of the molecule is CCNC(=NCC(=O)N1CCc2ccccc2C1)NCC1CC1.I. The molecular weight excluding hydrogens is 415 g/mol. The van der Waals surface area contributed by atoms with E-state index in [9.17, 15) is 4.79 Å². The maximum atomic E-state index is 12.4. The molecule has 0 radical (unpaired) electrons. The summed E-state index contributed by atoms with van der Waals surface area (Å²) >= 11 is 0. The highest BCUT2D eigenvalue weighted by molar-refractivity contribution is 14.0. The second kappa shape index (κ2) is 9.25. The largest absolute Gasteiger partial charge is 0.357 e. The van der Waals surface area contributed by atoms with E-state index in [1.54, 1.807) is 0 Å². The molecular formula is C18H27IN4O. The van der Waals surface area contributed by atoms with Crippen molar-refractivity contribution in [2.75, 3.05) is 26.2 Å². The van der Waals surface area contributed by atoms with Crippen LogP contribution in [-0.4, -0.2) is 42.9 Å². The first-order valence-corrected chi connectivity index (χ1v) is 8.63. The molecule has 3 rings (SSSR count). The van der Waals surface area contributed by atoms with Gasteiger partial charge in [-0.25, -0.2) is 4.99 Å². The van der Waals surface area contributed by atoms with Gasteiger partial charge in [0.25, 0.3) is 0 Å². The molecule has 1 heterocycles. The normalized spacial score (nSPS) is 16.9. The van der Waals surface area contributed by atoms with E-state index in [0.29, 0.717) is 6.54 Å². The zero-order valence-corrected chi connectivity index (χ0v) is 16.6. The number of nitrogens with zero attached hydrogens (tertiary/aromatic N) is 2. The van der Waals surface area contributed by atoms with Crippen molar-refractivity contribution in [3.8, 4) is 0 Å². The number of carbonyl (C=O) groups is 1. The van der Waals surface area contributed by atoms with E-state index in [4.69, 9.17) is 0 Å². The van der Waals surface area contributed by atoms with Crippen LogP contribution in [0.3, 0.4) is 0 Å². The molecule has 0 aromatic heterocycles. The van der Waals surface area contributed by atoms with E-state index in [2.05, 4.69) is 33.8 Å². The number of hydrogen-bond donors (Lipinski definition) is 2. The van der Waals surface area contributed by atoms with Crippen LogP contribution in [-0.2, 0) is 17.8 Å². The van der Waals surface area contributed by atoms with Crippen LogP contribution in [0.15, 0.2) is 29.3 Å². The van der Waals surface area contributed by atoms with Gasteiger partial charge in [-0.15, -0.1) is 24.0 Å². The molecule has 1 aromatic rings. The van der Waals surface area contributed by atoms with E-state index >= 15 is 0 Å². The van der Waals surface area contributed by atoms with Gasteiger partial charge in [0, 0.05) is 26.2 Å².